The van der Waals surface area contributed by atoms with Crippen LogP contribution in [-0.2, 0) is 0 Å². The number of hydrogen-bond acceptors (Lipinski definition) is 2. The van der Waals surface area contributed by atoms with Gasteiger partial charge in [-0.1, -0.05) is 40.0 Å². The van der Waals surface area contributed by atoms with Crippen molar-refractivity contribution in [1.29, 1.82) is 5.26 Å². The Labute approximate surface area is 108 Å². The average Bonchev–Trinajstić information content (AvgIpc) is 2.33. The van der Waals surface area contributed by atoms with Gasteiger partial charge in [-0.25, -0.2) is 0 Å². The van der Waals surface area contributed by atoms with Crippen molar-refractivity contribution in [3.8, 4) is 6.26 Å². The zero-order chi connectivity index (χ0) is 13.6. The van der Waals surface area contributed by atoms with Crippen LogP contribution in [0.5, 0.6) is 0 Å². The molecule has 102 valence electrons. The van der Waals surface area contributed by atoms with Crippen molar-refractivity contribution in [2.45, 2.75) is 59.3 Å². The molecule has 0 radical (unpaired) electrons. The summed E-state index contributed by atoms with van der Waals surface area (Å²) in [4.78, 5) is 0. The van der Waals surface area contributed by atoms with Gasteiger partial charge in [0.05, 0.1) is 0 Å². The van der Waals surface area contributed by atoms with Gasteiger partial charge in [0.1, 0.15) is 0 Å². The molecule has 0 spiro atoms. The predicted molar refractivity (Wildman–Crippen MR) is 80.9 cm³/mol. The Kier molecular flexibility index (Phi) is 15.2. The Morgan fingerprint density at radius 2 is 1.18 bits per heavy atom. The van der Waals surface area contributed by atoms with E-state index in [1.807, 2.05) is 0 Å². The van der Waals surface area contributed by atoms with E-state index in [0.29, 0.717) is 0 Å². The van der Waals surface area contributed by atoms with Crippen molar-refractivity contribution >= 4 is 13.2 Å². The summed E-state index contributed by atoms with van der Waals surface area (Å²) in [6, 6.07) is 0. The summed E-state index contributed by atoms with van der Waals surface area (Å²) < 4.78 is 0. The lowest BCUT2D eigenvalue weighted by molar-refractivity contribution is 0.503. The van der Waals surface area contributed by atoms with Crippen LogP contribution < -0.4 is 0 Å². The first-order valence-corrected chi connectivity index (χ1v) is 9.36. The van der Waals surface area contributed by atoms with Gasteiger partial charge in [-0.05, 0) is 37.7 Å². The third kappa shape index (κ3) is 13.5. The van der Waals surface area contributed by atoms with E-state index < -0.39 is 6.89 Å². The van der Waals surface area contributed by atoms with Gasteiger partial charge in [0.15, 0.2) is 0 Å². The molecule has 0 saturated carbocycles. The molecule has 0 unspecified atom stereocenters. The van der Waals surface area contributed by atoms with Crippen LogP contribution in [0.1, 0.15) is 59.3 Å². The SMILES string of the molecule is C=P(CCCC)(CCCC)CCCC.N#CO. The number of nitriles is 1. The summed E-state index contributed by atoms with van der Waals surface area (Å²) in [5.74, 6) is 0. The fraction of sp³-hybridized carbons (Fsp3) is 0.857. The fourth-order valence-corrected chi connectivity index (χ4v) is 5.45. The van der Waals surface area contributed by atoms with Gasteiger partial charge in [0.25, 0.3) is 6.26 Å². The standard InChI is InChI=1S/C13H29P.CHNO/c1-5-8-11-14(4,12-9-6-2)13-10-7-3;2-1-3/h4-13H2,1-3H3;3H. The topological polar surface area (TPSA) is 44.0 Å². The molecule has 2 nitrogen and oxygen atoms in total. The Hall–Kier alpha value is -0.410. The first kappa shape index (κ1) is 18.9. The van der Waals surface area contributed by atoms with Crippen LogP contribution in [-0.4, -0.2) is 29.9 Å². The van der Waals surface area contributed by atoms with Crippen molar-refractivity contribution in [2.75, 3.05) is 18.5 Å². The normalized spacial score (nSPS) is 10.2. The van der Waals surface area contributed by atoms with Gasteiger partial charge in [-0.15, -0.1) is 13.2 Å². The zero-order valence-corrected chi connectivity index (χ0v) is 12.8. The van der Waals surface area contributed by atoms with E-state index in [2.05, 4.69) is 27.1 Å². The highest BCUT2D eigenvalue weighted by Gasteiger charge is 2.12. The highest BCUT2D eigenvalue weighted by Crippen LogP contribution is 2.47. The highest BCUT2D eigenvalue weighted by molar-refractivity contribution is 7.73. The minimum absolute atomic E-state index is 0.750. The lowest BCUT2D eigenvalue weighted by atomic mass is 10.4. The summed E-state index contributed by atoms with van der Waals surface area (Å²) in [7, 11) is 0. The van der Waals surface area contributed by atoms with Crippen molar-refractivity contribution < 1.29 is 5.11 Å². The molecule has 0 aromatic rings. The second kappa shape index (κ2) is 13.7. The summed E-state index contributed by atoms with van der Waals surface area (Å²) in [5, 5.41) is 13.8. The third-order valence-electron chi connectivity index (χ3n) is 2.96. The molecule has 0 aromatic heterocycles. The number of aliphatic hydroxyl groups excluding tert-OH is 1. The van der Waals surface area contributed by atoms with Gasteiger partial charge >= 0.3 is 0 Å². The van der Waals surface area contributed by atoms with E-state index in [4.69, 9.17) is 10.4 Å². The molecule has 0 aliphatic rings. The van der Waals surface area contributed by atoms with E-state index >= 15 is 0 Å². The van der Waals surface area contributed by atoms with Gasteiger partial charge in [0.2, 0.25) is 0 Å². The predicted octanol–water partition coefficient (Wildman–Crippen LogP) is 4.68. The molecule has 3 heteroatoms. The summed E-state index contributed by atoms with van der Waals surface area (Å²) in [5.41, 5.74) is 0. The Morgan fingerprint density at radius 3 is 1.35 bits per heavy atom. The van der Waals surface area contributed by atoms with Crippen LogP contribution in [0.15, 0.2) is 0 Å². The number of nitrogens with zero attached hydrogens (tertiary/aromatic N) is 1. The molecule has 0 amide bonds. The second-order valence-electron chi connectivity index (χ2n) is 4.67. The van der Waals surface area contributed by atoms with E-state index in [9.17, 15) is 0 Å². The lowest BCUT2D eigenvalue weighted by Crippen LogP contribution is -2.01. The van der Waals surface area contributed by atoms with E-state index in [0.717, 1.165) is 6.26 Å². The summed E-state index contributed by atoms with van der Waals surface area (Å²) >= 11 is 0. The smallest absolute Gasteiger partial charge is 0.283 e. The lowest BCUT2D eigenvalue weighted by Gasteiger charge is -2.24. The molecule has 0 bridgehead atoms. The number of unbranched alkanes of at least 4 members (excludes halogenated alkanes) is 3. The number of aliphatic hydroxyl groups is 1. The van der Waals surface area contributed by atoms with Crippen LogP contribution in [0.2, 0.25) is 0 Å². The van der Waals surface area contributed by atoms with Crippen LogP contribution in [0.25, 0.3) is 0 Å². The third-order valence-corrected chi connectivity index (χ3v) is 6.75. The zero-order valence-electron chi connectivity index (χ0n) is 11.9. The summed E-state index contributed by atoms with van der Waals surface area (Å²) in [6.07, 6.45) is 17.9. The quantitative estimate of drug-likeness (QED) is 0.483. The minimum atomic E-state index is -0.769. The molecule has 0 rings (SSSR count). The Bertz CT molecular complexity index is 204. The molecule has 0 heterocycles. The van der Waals surface area contributed by atoms with Crippen LogP contribution in [0, 0.1) is 11.5 Å². The molecule has 0 saturated heterocycles. The molecule has 0 aliphatic carbocycles. The van der Waals surface area contributed by atoms with Crippen molar-refractivity contribution in [3.05, 3.63) is 0 Å². The van der Waals surface area contributed by atoms with Gasteiger partial charge in [-0.2, -0.15) is 5.26 Å². The maximum Gasteiger partial charge on any atom is 0.283 e. The average molecular weight is 259 g/mol. The molecule has 0 fully saturated rings. The van der Waals surface area contributed by atoms with Crippen LogP contribution in [0.3, 0.4) is 0 Å². The highest BCUT2D eigenvalue weighted by atomic mass is 31.2. The first-order chi connectivity index (χ1) is 8.10. The van der Waals surface area contributed by atoms with Gasteiger partial charge in [-0.3, -0.25) is 0 Å². The van der Waals surface area contributed by atoms with Gasteiger partial charge in [0, 0.05) is 0 Å². The molecule has 17 heavy (non-hydrogen) atoms. The minimum Gasteiger partial charge on any atom is -0.443 e. The van der Waals surface area contributed by atoms with E-state index in [-0.39, 0.29) is 0 Å². The maximum absolute atomic E-state index is 6.88. The molecular formula is C14H30NOP. The summed E-state index contributed by atoms with van der Waals surface area (Å²) in [6.45, 7) is 6.12. The fourth-order valence-electron chi connectivity index (χ4n) is 1.82. The number of rotatable bonds is 9. The van der Waals surface area contributed by atoms with Crippen molar-refractivity contribution in [3.63, 3.8) is 0 Å². The maximum atomic E-state index is 6.88. The Balaban J connectivity index is 0. The number of hydrogen-bond donors (Lipinski definition) is 1. The molecule has 0 atom stereocenters. The van der Waals surface area contributed by atoms with Crippen molar-refractivity contribution in [2.24, 2.45) is 0 Å². The van der Waals surface area contributed by atoms with E-state index in [1.54, 1.807) is 0 Å². The largest absolute Gasteiger partial charge is 0.443 e. The molecule has 0 aromatic carbocycles. The molecule has 1 N–H and O–H groups in total. The second-order valence-corrected chi connectivity index (χ2v) is 8.70. The first-order valence-electron chi connectivity index (χ1n) is 6.83. The Morgan fingerprint density at radius 1 is 0.941 bits per heavy atom. The van der Waals surface area contributed by atoms with E-state index in [1.165, 1.54) is 57.0 Å². The van der Waals surface area contributed by atoms with Crippen LogP contribution >= 0.6 is 6.89 Å². The molecule has 0 aliphatic heterocycles. The van der Waals surface area contributed by atoms with Crippen LogP contribution in [0.4, 0.5) is 0 Å². The molecular weight excluding hydrogens is 229 g/mol. The monoisotopic (exact) mass is 259 g/mol. The van der Waals surface area contributed by atoms with Gasteiger partial charge < -0.3 is 5.11 Å². The van der Waals surface area contributed by atoms with Crippen molar-refractivity contribution in [1.82, 2.24) is 0 Å².